The molecule has 0 aliphatic heterocycles. The number of imide groups is 1. The van der Waals surface area contributed by atoms with Gasteiger partial charge in [-0.1, -0.05) is 36.4 Å². The zero-order valence-electron chi connectivity index (χ0n) is 10.9. The average Bonchev–Trinajstić information content (AvgIpc) is 2.43. The zero-order valence-corrected chi connectivity index (χ0v) is 11.7. The molecule has 1 atom stereocenters. The van der Waals surface area contributed by atoms with Crippen LogP contribution in [0.5, 0.6) is 0 Å². The van der Waals surface area contributed by atoms with Gasteiger partial charge in [0.1, 0.15) is 0 Å². The summed E-state index contributed by atoms with van der Waals surface area (Å²) in [5, 5.41) is 4.50. The molecule has 0 saturated heterocycles. The lowest BCUT2D eigenvalue weighted by Crippen LogP contribution is -2.42. The highest BCUT2D eigenvalue weighted by molar-refractivity contribution is 7.99. The number of amides is 3. The number of rotatable bonds is 6. The van der Waals surface area contributed by atoms with Crippen LogP contribution in [0.3, 0.4) is 0 Å². The fraction of sp³-hybridized carbons (Fsp3) is 0.286. The summed E-state index contributed by atoms with van der Waals surface area (Å²) in [7, 11) is 0. The number of hydrogen-bond donors (Lipinski definition) is 2. The molecule has 1 unspecified atom stereocenters. The molecule has 102 valence electrons. The van der Waals surface area contributed by atoms with Crippen LogP contribution in [0, 0.1) is 0 Å². The van der Waals surface area contributed by atoms with Crippen LogP contribution in [0.1, 0.15) is 12.5 Å². The van der Waals surface area contributed by atoms with Gasteiger partial charge in [0.25, 0.3) is 0 Å². The summed E-state index contributed by atoms with van der Waals surface area (Å²) in [6.45, 7) is 5.60. The Morgan fingerprint density at radius 3 is 2.68 bits per heavy atom. The Kier molecular flexibility index (Phi) is 6.74. The van der Waals surface area contributed by atoms with E-state index < -0.39 is 6.03 Å². The molecule has 1 rings (SSSR count). The van der Waals surface area contributed by atoms with Crippen LogP contribution in [0.2, 0.25) is 0 Å². The summed E-state index contributed by atoms with van der Waals surface area (Å²) in [5.41, 5.74) is 1.16. The Labute approximate surface area is 117 Å². The monoisotopic (exact) mass is 278 g/mol. The Balaban J connectivity index is 2.32. The maximum Gasteiger partial charge on any atom is 0.321 e. The molecule has 3 amide bonds. The van der Waals surface area contributed by atoms with E-state index in [4.69, 9.17) is 0 Å². The third-order valence-electron chi connectivity index (χ3n) is 2.36. The molecule has 0 aliphatic carbocycles. The fourth-order valence-corrected chi connectivity index (χ4v) is 2.14. The molecular weight excluding hydrogens is 260 g/mol. The molecule has 5 heteroatoms. The standard InChI is InChI=1S/C14H18N2O2S/c1-3-9-15-14(18)16-13(17)11(2)19-10-12-7-5-4-6-8-12/h3-8,11H,1,9-10H2,2H3,(H2,15,16,17,18). The third kappa shape index (κ3) is 6.10. The maximum absolute atomic E-state index is 11.7. The number of hydrogen-bond acceptors (Lipinski definition) is 3. The van der Waals surface area contributed by atoms with E-state index in [1.165, 1.54) is 11.8 Å². The minimum Gasteiger partial charge on any atom is -0.334 e. The number of urea groups is 1. The first-order valence-corrected chi connectivity index (χ1v) is 7.03. The van der Waals surface area contributed by atoms with E-state index in [1.807, 2.05) is 30.3 Å². The molecule has 19 heavy (non-hydrogen) atoms. The first kappa shape index (κ1) is 15.3. The second kappa shape index (κ2) is 8.37. The van der Waals surface area contributed by atoms with Gasteiger partial charge in [0, 0.05) is 12.3 Å². The van der Waals surface area contributed by atoms with Gasteiger partial charge in [-0.15, -0.1) is 18.3 Å². The lowest BCUT2D eigenvalue weighted by Gasteiger charge is -2.11. The van der Waals surface area contributed by atoms with Gasteiger partial charge in [0.15, 0.2) is 0 Å². The van der Waals surface area contributed by atoms with Gasteiger partial charge in [-0.25, -0.2) is 4.79 Å². The van der Waals surface area contributed by atoms with Crippen molar-refractivity contribution in [3.63, 3.8) is 0 Å². The summed E-state index contributed by atoms with van der Waals surface area (Å²) in [4.78, 5) is 23.0. The predicted molar refractivity (Wildman–Crippen MR) is 78.9 cm³/mol. The molecule has 1 aromatic carbocycles. The highest BCUT2D eigenvalue weighted by atomic mass is 32.2. The molecule has 1 aromatic rings. The van der Waals surface area contributed by atoms with Crippen molar-refractivity contribution >= 4 is 23.7 Å². The van der Waals surface area contributed by atoms with E-state index in [2.05, 4.69) is 17.2 Å². The summed E-state index contributed by atoms with van der Waals surface area (Å²) in [6.07, 6.45) is 1.55. The second-order valence-electron chi connectivity index (χ2n) is 3.93. The van der Waals surface area contributed by atoms with Crippen molar-refractivity contribution in [3.05, 3.63) is 48.6 Å². The first-order valence-electron chi connectivity index (χ1n) is 5.98. The Bertz CT molecular complexity index is 434. The zero-order chi connectivity index (χ0) is 14.1. The average molecular weight is 278 g/mol. The van der Waals surface area contributed by atoms with Crippen molar-refractivity contribution in [2.45, 2.75) is 17.9 Å². The Morgan fingerprint density at radius 2 is 2.05 bits per heavy atom. The molecular formula is C14H18N2O2S. The summed E-state index contributed by atoms with van der Waals surface area (Å²) < 4.78 is 0. The molecule has 0 heterocycles. The van der Waals surface area contributed by atoms with Crippen molar-refractivity contribution in [3.8, 4) is 0 Å². The molecule has 0 fully saturated rings. The quantitative estimate of drug-likeness (QED) is 0.785. The molecule has 0 aliphatic rings. The van der Waals surface area contributed by atoms with E-state index in [0.717, 1.165) is 11.3 Å². The maximum atomic E-state index is 11.7. The topological polar surface area (TPSA) is 58.2 Å². The molecule has 0 spiro atoms. The van der Waals surface area contributed by atoms with E-state index >= 15 is 0 Å². The third-order valence-corrected chi connectivity index (χ3v) is 3.57. The van der Waals surface area contributed by atoms with Crippen LogP contribution < -0.4 is 10.6 Å². The van der Waals surface area contributed by atoms with Gasteiger partial charge in [-0.05, 0) is 12.5 Å². The van der Waals surface area contributed by atoms with Gasteiger partial charge in [0.05, 0.1) is 5.25 Å². The van der Waals surface area contributed by atoms with Gasteiger partial charge >= 0.3 is 6.03 Å². The molecule has 2 N–H and O–H groups in total. The van der Waals surface area contributed by atoms with Crippen molar-refractivity contribution in [2.24, 2.45) is 0 Å². The Hall–Kier alpha value is -1.75. The van der Waals surface area contributed by atoms with Gasteiger partial charge in [-0.2, -0.15) is 0 Å². The van der Waals surface area contributed by atoms with E-state index in [-0.39, 0.29) is 11.2 Å². The van der Waals surface area contributed by atoms with Crippen molar-refractivity contribution < 1.29 is 9.59 Å². The number of carbonyl (C=O) groups is 2. The van der Waals surface area contributed by atoms with Crippen LogP contribution in [0.25, 0.3) is 0 Å². The number of nitrogens with one attached hydrogen (secondary N) is 2. The van der Waals surface area contributed by atoms with E-state index in [1.54, 1.807) is 13.0 Å². The number of carbonyl (C=O) groups excluding carboxylic acids is 2. The molecule has 0 aromatic heterocycles. The molecule has 0 bridgehead atoms. The lowest BCUT2D eigenvalue weighted by molar-refractivity contribution is -0.119. The smallest absolute Gasteiger partial charge is 0.321 e. The minimum absolute atomic E-state index is 0.283. The Morgan fingerprint density at radius 1 is 1.37 bits per heavy atom. The van der Waals surface area contributed by atoms with Crippen LogP contribution >= 0.6 is 11.8 Å². The highest BCUT2D eigenvalue weighted by Gasteiger charge is 2.15. The van der Waals surface area contributed by atoms with Crippen LogP contribution in [0.15, 0.2) is 43.0 Å². The molecule has 0 saturated carbocycles. The van der Waals surface area contributed by atoms with Crippen LogP contribution in [-0.2, 0) is 10.5 Å². The second-order valence-corrected chi connectivity index (χ2v) is 5.26. The van der Waals surface area contributed by atoms with Crippen LogP contribution in [-0.4, -0.2) is 23.7 Å². The van der Waals surface area contributed by atoms with Gasteiger partial charge in [0.2, 0.25) is 5.91 Å². The minimum atomic E-state index is -0.489. The van der Waals surface area contributed by atoms with Crippen molar-refractivity contribution in [1.82, 2.24) is 10.6 Å². The van der Waals surface area contributed by atoms with Crippen molar-refractivity contribution in [1.29, 1.82) is 0 Å². The summed E-state index contributed by atoms with van der Waals surface area (Å²) in [6, 6.07) is 9.40. The van der Waals surface area contributed by atoms with Gasteiger partial charge in [-0.3, -0.25) is 10.1 Å². The largest absolute Gasteiger partial charge is 0.334 e. The van der Waals surface area contributed by atoms with E-state index in [9.17, 15) is 9.59 Å². The number of benzene rings is 1. The fourth-order valence-electron chi connectivity index (χ4n) is 1.29. The molecule has 4 nitrogen and oxygen atoms in total. The summed E-state index contributed by atoms with van der Waals surface area (Å²) in [5.74, 6) is 0.450. The normalized spacial score (nSPS) is 11.4. The number of thioether (sulfide) groups is 1. The lowest BCUT2D eigenvalue weighted by atomic mass is 10.2. The van der Waals surface area contributed by atoms with Crippen molar-refractivity contribution in [2.75, 3.05) is 6.54 Å². The SMILES string of the molecule is C=CCNC(=O)NC(=O)C(C)SCc1ccccc1. The predicted octanol–water partition coefficient (Wildman–Crippen LogP) is 2.32. The van der Waals surface area contributed by atoms with Crippen LogP contribution in [0.4, 0.5) is 4.79 Å². The molecule has 0 radical (unpaired) electrons. The summed E-state index contributed by atoms with van der Waals surface area (Å²) >= 11 is 1.49. The first-order chi connectivity index (χ1) is 9.13. The highest BCUT2D eigenvalue weighted by Crippen LogP contribution is 2.17. The van der Waals surface area contributed by atoms with Gasteiger partial charge < -0.3 is 5.32 Å². The van der Waals surface area contributed by atoms with E-state index in [0.29, 0.717) is 6.54 Å².